The number of nitrogens with zero attached hydrogens (tertiary/aromatic N) is 11. The van der Waals surface area contributed by atoms with Crippen LogP contribution >= 0.6 is 11.8 Å². The van der Waals surface area contributed by atoms with Gasteiger partial charge in [-0.25, -0.2) is 29.6 Å². The van der Waals surface area contributed by atoms with Crippen molar-refractivity contribution in [1.29, 1.82) is 0 Å². The minimum atomic E-state index is -1.22. The van der Waals surface area contributed by atoms with E-state index in [4.69, 9.17) is 46.2 Å². The number of rotatable bonds is 24. The predicted octanol–water partition coefficient (Wildman–Crippen LogP) is 2.98. The molecule has 1 saturated heterocycles. The Morgan fingerprint density at radius 2 is 1.68 bits per heavy atom. The van der Waals surface area contributed by atoms with Gasteiger partial charge in [0.25, 0.3) is 5.91 Å². The molecule has 27 heteroatoms. The average Bonchev–Trinajstić information content (AvgIpc) is 4.27. The van der Waals surface area contributed by atoms with Gasteiger partial charge in [0.05, 0.1) is 35.7 Å². The van der Waals surface area contributed by atoms with Gasteiger partial charge in [-0.05, 0) is 51.0 Å². The number of primary amides is 2. The minimum absolute atomic E-state index is 0.000588. The van der Waals surface area contributed by atoms with E-state index in [1.807, 2.05) is 30.6 Å². The summed E-state index contributed by atoms with van der Waals surface area (Å²) >= 11 is 0.995. The molecule has 0 radical (unpaired) electrons. The van der Waals surface area contributed by atoms with Crippen LogP contribution in [0.5, 0.6) is 11.5 Å². The van der Waals surface area contributed by atoms with Crippen LogP contribution in [0.3, 0.4) is 0 Å². The van der Waals surface area contributed by atoms with E-state index in [2.05, 4.69) is 25.4 Å². The largest absolute Gasteiger partial charge is 0.495 e. The molecule has 7 aromatic rings. The second-order valence-corrected chi connectivity index (χ2v) is 19.2. The lowest BCUT2D eigenvalue weighted by Gasteiger charge is -2.20. The van der Waals surface area contributed by atoms with E-state index < -0.39 is 46.8 Å². The molecule has 1 aliphatic rings. The summed E-state index contributed by atoms with van der Waals surface area (Å²) in [5.41, 5.74) is 19.6. The molecule has 0 spiro atoms. The van der Waals surface area contributed by atoms with Crippen LogP contribution in [0.15, 0.2) is 47.0 Å². The maximum atomic E-state index is 13.9. The highest BCUT2D eigenvalue weighted by Crippen LogP contribution is 2.37. The van der Waals surface area contributed by atoms with Crippen molar-refractivity contribution in [2.45, 2.75) is 84.3 Å². The number of likely N-dealkylation sites (tertiary alicyclic amines) is 1. The number of anilines is 1. The molecule has 6 heterocycles. The quantitative estimate of drug-likeness (QED) is 0.0330. The number of carbonyl (C=O) groups excluding carboxylic acids is 6. The van der Waals surface area contributed by atoms with Crippen molar-refractivity contribution in [2.24, 2.45) is 17.2 Å². The second-order valence-electron chi connectivity index (χ2n) is 17.9. The number of hydrogen-bond acceptors (Lipinski definition) is 18. The molecular formula is C50H57N15O11S. The molecule has 5 aromatic heterocycles. The Morgan fingerprint density at radius 3 is 2.36 bits per heavy atom. The number of aryl methyl sites for hydroxylation is 4. The highest BCUT2D eigenvalue weighted by molar-refractivity contribution is 8.00. The summed E-state index contributed by atoms with van der Waals surface area (Å²) < 4.78 is 23.2. The number of ether oxygens (including phenoxy) is 2. The molecule has 2 aromatic carbocycles. The zero-order valence-corrected chi connectivity index (χ0v) is 43.9. The van der Waals surface area contributed by atoms with Crippen molar-refractivity contribution >= 4 is 92.1 Å². The van der Waals surface area contributed by atoms with Crippen molar-refractivity contribution in [1.82, 2.24) is 53.6 Å². The van der Waals surface area contributed by atoms with E-state index in [1.165, 1.54) is 24.1 Å². The molecule has 8 N–H and O–H groups in total. The smallest absolute Gasteiger partial charge is 0.321 e. The van der Waals surface area contributed by atoms with Crippen molar-refractivity contribution in [3.8, 4) is 23.1 Å². The number of imide groups is 1. The lowest BCUT2D eigenvalue weighted by Crippen LogP contribution is -2.37. The molecule has 2 atom stereocenters. The van der Waals surface area contributed by atoms with E-state index >= 15 is 0 Å². The van der Waals surface area contributed by atoms with E-state index in [-0.39, 0.29) is 91.4 Å². The third-order valence-corrected chi connectivity index (χ3v) is 14.0. The first-order valence-electron chi connectivity index (χ1n) is 24.5. The summed E-state index contributed by atoms with van der Waals surface area (Å²) in [6, 6.07) is 4.98. The Morgan fingerprint density at radius 1 is 0.961 bits per heavy atom. The van der Waals surface area contributed by atoms with Gasteiger partial charge in [0.2, 0.25) is 41.2 Å². The lowest BCUT2D eigenvalue weighted by molar-refractivity contribution is -0.140. The third-order valence-electron chi connectivity index (χ3n) is 12.7. The number of nitrogens with two attached hydrogens (primary N) is 3. The molecular weight excluding hydrogens is 1020 g/mol. The first-order chi connectivity index (χ1) is 36.8. The Kier molecular flexibility index (Phi) is 16.3. The number of imidazole rings is 1. The molecule has 404 valence electrons. The van der Waals surface area contributed by atoms with Crippen molar-refractivity contribution in [2.75, 3.05) is 44.9 Å². The molecule has 26 nitrogen and oxygen atoms in total. The number of aromatic nitrogens is 9. The van der Waals surface area contributed by atoms with Crippen LogP contribution in [-0.2, 0) is 45.2 Å². The van der Waals surface area contributed by atoms with E-state index in [0.717, 1.165) is 16.7 Å². The number of thioether (sulfide) groups is 1. The second kappa shape index (κ2) is 23.0. The number of carboxylic acid groups (broad SMARTS) is 1. The Bertz CT molecular complexity index is 3520. The Labute approximate surface area is 443 Å². The standard InChI is InChI=1S/C50H57N15O11S/c1-7-32-41(76-26(4)56-32)47(70)59-50-57-33-19-28(43(53)69)21-35(75-17-11-13-61(5)37(66)12-16-62-38(67)22-36(48(62)71)77-24-31(51)49(72)73)40(33)64(50)15-10-9-14-63-39-29(18-27(42(52)68)20-34(39)74-6)30-23-54-44(58-45(30)63)46-55-25(3)60-65(46)8-2/h9-10,18-21,23,31,36H,7-8,11-17,22,24,51H2,1-6H3,(H2,52,68)(H2,53,69)(H,72,73)(H,57,59,70)/b10-9+/t31-,36?/m0/s1. The van der Waals surface area contributed by atoms with Crippen molar-refractivity contribution in [3.05, 3.63) is 76.9 Å². The number of fused-ring (bicyclic) bond motifs is 4. The van der Waals surface area contributed by atoms with E-state index in [9.17, 15) is 33.6 Å². The first kappa shape index (κ1) is 54.5. The zero-order chi connectivity index (χ0) is 55.4. The van der Waals surface area contributed by atoms with Crippen LogP contribution < -0.4 is 32.0 Å². The van der Waals surface area contributed by atoms with Crippen LogP contribution in [0.1, 0.15) is 81.8 Å². The van der Waals surface area contributed by atoms with E-state index in [1.54, 1.807) is 48.5 Å². The van der Waals surface area contributed by atoms with Gasteiger partial charge in [0.1, 0.15) is 34.5 Å². The summed E-state index contributed by atoms with van der Waals surface area (Å²) in [7, 11) is 3.06. The lowest BCUT2D eigenvalue weighted by atomic mass is 10.1. The molecule has 0 saturated carbocycles. The Hall–Kier alpha value is -8.72. The fourth-order valence-corrected chi connectivity index (χ4v) is 9.98. The summed E-state index contributed by atoms with van der Waals surface area (Å²) in [6.45, 7) is 8.05. The van der Waals surface area contributed by atoms with Crippen LogP contribution in [0.2, 0.25) is 0 Å². The molecule has 1 aliphatic heterocycles. The predicted molar refractivity (Wildman–Crippen MR) is 281 cm³/mol. The molecule has 0 aliphatic carbocycles. The molecule has 77 heavy (non-hydrogen) atoms. The molecule has 0 bridgehead atoms. The summed E-state index contributed by atoms with van der Waals surface area (Å²) in [6.07, 6.45) is 5.79. The highest BCUT2D eigenvalue weighted by atomic mass is 32.2. The Balaban J connectivity index is 1.07. The number of benzene rings is 2. The number of methoxy groups -OCH3 is 1. The molecule has 1 fully saturated rings. The number of carbonyl (C=O) groups is 7. The average molecular weight is 1080 g/mol. The topological polar surface area (TPSA) is 360 Å². The van der Waals surface area contributed by atoms with Crippen molar-refractivity contribution < 1.29 is 52.6 Å². The summed E-state index contributed by atoms with van der Waals surface area (Å²) in [5.74, 6) is -2.36. The van der Waals surface area contributed by atoms with Gasteiger partial charge in [-0.15, -0.1) is 11.8 Å². The number of oxazole rings is 1. The number of carboxylic acids is 1. The van der Waals surface area contributed by atoms with Crippen molar-refractivity contribution in [3.63, 3.8) is 0 Å². The van der Waals surface area contributed by atoms with Crippen LogP contribution in [0.4, 0.5) is 5.95 Å². The highest BCUT2D eigenvalue weighted by Gasteiger charge is 2.39. The fourth-order valence-electron chi connectivity index (χ4n) is 8.87. The van der Waals surface area contributed by atoms with Gasteiger partial charge in [-0.1, -0.05) is 19.1 Å². The van der Waals surface area contributed by atoms with Gasteiger partial charge >= 0.3 is 5.97 Å². The van der Waals surface area contributed by atoms with Gasteiger partial charge in [0, 0.05) is 93.4 Å². The molecule has 6 amide bonds. The maximum absolute atomic E-state index is 13.9. The minimum Gasteiger partial charge on any atom is -0.495 e. The van der Waals surface area contributed by atoms with Gasteiger partial charge in [0.15, 0.2) is 17.5 Å². The van der Waals surface area contributed by atoms with Gasteiger partial charge < -0.3 is 50.2 Å². The number of nitrogens with one attached hydrogen (secondary N) is 1. The van der Waals surface area contributed by atoms with E-state index in [0.29, 0.717) is 81.6 Å². The number of allylic oxidation sites excluding steroid dienone is 2. The number of aliphatic carboxylic acids is 1. The zero-order valence-electron chi connectivity index (χ0n) is 43.1. The van der Waals surface area contributed by atoms with Gasteiger partial charge in [-0.2, -0.15) is 5.10 Å². The van der Waals surface area contributed by atoms with Gasteiger partial charge in [-0.3, -0.25) is 43.8 Å². The van der Waals surface area contributed by atoms with Crippen LogP contribution in [0.25, 0.3) is 44.6 Å². The number of amides is 6. The monoisotopic (exact) mass is 1080 g/mol. The SMILES string of the molecule is CCc1nc(C)oc1C(=O)Nc1nc2cc(C(N)=O)cc(OCCCN(C)C(=O)CCN3C(=O)CC(SC[C@H](N)C(=O)O)C3=O)c2n1C/C=C/Cn1c2nc(-c3nc(C)nn3CC)ncc2c2cc(C(N)=O)cc(OC)c21. The normalized spacial score (nSPS) is 14.1. The maximum Gasteiger partial charge on any atom is 0.321 e. The third kappa shape index (κ3) is 11.4. The first-order valence-corrected chi connectivity index (χ1v) is 25.5. The summed E-state index contributed by atoms with van der Waals surface area (Å²) in [5, 5.41) is 16.9. The van der Waals surface area contributed by atoms with Crippen LogP contribution in [0, 0.1) is 13.8 Å². The van der Waals surface area contributed by atoms with Crippen LogP contribution in [-0.4, -0.2) is 151 Å². The summed E-state index contributed by atoms with van der Waals surface area (Å²) in [4.78, 5) is 115. The fraction of sp³-hybridized carbons (Fsp3) is 0.380. The number of hydrogen-bond donors (Lipinski definition) is 5. The molecule has 1 unspecified atom stereocenters. The molecule has 8 rings (SSSR count).